The lowest BCUT2D eigenvalue weighted by Gasteiger charge is -2.35. The molecule has 4 rings (SSSR count). The molecular weight excluding hydrogens is 376 g/mol. The quantitative estimate of drug-likeness (QED) is 0.596. The lowest BCUT2D eigenvalue weighted by atomic mass is 9.97. The molecule has 0 saturated heterocycles. The molecule has 1 atom stereocenters. The first-order valence-corrected chi connectivity index (χ1v) is 10.8. The Balaban J connectivity index is 1.63. The van der Waals surface area contributed by atoms with Crippen LogP contribution in [0.1, 0.15) is 45.2 Å². The van der Waals surface area contributed by atoms with E-state index in [0.29, 0.717) is 0 Å². The van der Waals surface area contributed by atoms with Crippen LogP contribution in [-0.2, 0) is 6.42 Å². The Hall–Kier alpha value is -2.18. The van der Waals surface area contributed by atoms with Crippen molar-refractivity contribution >= 4 is 28.6 Å². The number of thiophene rings is 1. The predicted octanol–water partition coefficient (Wildman–Crippen LogP) is 5.34. The number of nitrogens with zero attached hydrogens (tertiary/aromatic N) is 2. The number of carbonyl (C=O) groups excluding carboxylic acids is 1. The number of carbonyl (C=O) groups is 1. The minimum atomic E-state index is 0.105. The van der Waals surface area contributed by atoms with E-state index in [1.165, 1.54) is 21.8 Å². The van der Waals surface area contributed by atoms with E-state index < -0.39 is 0 Å². The minimum absolute atomic E-state index is 0.105. The summed E-state index contributed by atoms with van der Waals surface area (Å²) in [7, 11) is 1.65. The number of aromatic nitrogens is 1. The van der Waals surface area contributed by atoms with Gasteiger partial charge in [0.15, 0.2) is 0 Å². The van der Waals surface area contributed by atoms with Gasteiger partial charge in [-0.25, -0.2) is 4.98 Å². The van der Waals surface area contributed by atoms with Crippen molar-refractivity contribution in [3.05, 3.63) is 56.7 Å². The van der Waals surface area contributed by atoms with Gasteiger partial charge in [0, 0.05) is 17.0 Å². The molecule has 3 heterocycles. The third-order valence-corrected chi connectivity index (χ3v) is 7.26. The summed E-state index contributed by atoms with van der Waals surface area (Å²) in [5.41, 5.74) is 3.13. The van der Waals surface area contributed by atoms with E-state index in [9.17, 15) is 4.79 Å². The standard InChI is InChI=1S/C21H22N2O2S2/c1-4-17-16-10-12-26-18(16)9-11-23(17)21(24)19-13(2)22-20(27-19)14-5-7-15(25-3)8-6-14/h5-8,10,12,17H,4,9,11H2,1-3H3. The summed E-state index contributed by atoms with van der Waals surface area (Å²) in [5, 5.41) is 3.01. The molecule has 0 N–H and O–H groups in total. The number of amides is 1. The number of thiazole rings is 1. The molecular formula is C21H22N2O2S2. The van der Waals surface area contributed by atoms with Gasteiger partial charge in [0.2, 0.25) is 0 Å². The third kappa shape index (κ3) is 3.28. The second kappa shape index (κ2) is 7.44. The van der Waals surface area contributed by atoms with Gasteiger partial charge in [0.25, 0.3) is 5.91 Å². The van der Waals surface area contributed by atoms with E-state index in [2.05, 4.69) is 23.4 Å². The molecule has 1 aliphatic rings. The maximum Gasteiger partial charge on any atom is 0.266 e. The van der Waals surface area contributed by atoms with Crippen LogP contribution < -0.4 is 4.74 Å². The van der Waals surface area contributed by atoms with Crippen molar-refractivity contribution in [3.8, 4) is 16.3 Å². The Morgan fingerprint density at radius 1 is 1.30 bits per heavy atom. The molecule has 2 aromatic heterocycles. The summed E-state index contributed by atoms with van der Waals surface area (Å²) in [5.74, 6) is 0.919. The van der Waals surface area contributed by atoms with Crippen molar-refractivity contribution in [2.75, 3.05) is 13.7 Å². The zero-order valence-corrected chi connectivity index (χ0v) is 17.3. The van der Waals surface area contributed by atoms with Crippen molar-refractivity contribution in [2.24, 2.45) is 0 Å². The maximum absolute atomic E-state index is 13.3. The SMILES string of the molecule is CCC1c2ccsc2CCN1C(=O)c1sc(-c2ccc(OC)cc2)nc1C. The fourth-order valence-corrected chi connectivity index (χ4v) is 5.62. The highest BCUT2D eigenvalue weighted by Crippen LogP contribution is 2.38. The van der Waals surface area contributed by atoms with Gasteiger partial charge in [-0.1, -0.05) is 6.92 Å². The first kappa shape index (κ1) is 18.2. The first-order valence-electron chi connectivity index (χ1n) is 9.11. The van der Waals surface area contributed by atoms with Crippen molar-refractivity contribution in [2.45, 2.75) is 32.7 Å². The Morgan fingerprint density at radius 3 is 2.78 bits per heavy atom. The van der Waals surface area contributed by atoms with Crippen LogP contribution in [0.3, 0.4) is 0 Å². The zero-order valence-electron chi connectivity index (χ0n) is 15.7. The van der Waals surface area contributed by atoms with Gasteiger partial charge < -0.3 is 9.64 Å². The summed E-state index contributed by atoms with van der Waals surface area (Å²) in [6.07, 6.45) is 1.87. The topological polar surface area (TPSA) is 42.4 Å². The number of ether oxygens (including phenoxy) is 1. The summed E-state index contributed by atoms with van der Waals surface area (Å²) in [4.78, 5) is 22.2. The van der Waals surface area contributed by atoms with E-state index in [0.717, 1.165) is 46.3 Å². The molecule has 6 heteroatoms. The highest BCUT2D eigenvalue weighted by Gasteiger charge is 2.32. The minimum Gasteiger partial charge on any atom is -0.497 e. The molecule has 0 radical (unpaired) electrons. The predicted molar refractivity (Wildman–Crippen MR) is 111 cm³/mol. The van der Waals surface area contributed by atoms with E-state index in [-0.39, 0.29) is 11.9 Å². The molecule has 1 aromatic carbocycles. The van der Waals surface area contributed by atoms with Crippen LogP contribution >= 0.6 is 22.7 Å². The van der Waals surface area contributed by atoms with Crippen LogP contribution in [0.2, 0.25) is 0 Å². The number of rotatable bonds is 4. The molecule has 0 spiro atoms. The number of hydrogen-bond donors (Lipinski definition) is 0. The van der Waals surface area contributed by atoms with Crippen LogP contribution in [0.25, 0.3) is 10.6 Å². The van der Waals surface area contributed by atoms with Crippen LogP contribution in [0.5, 0.6) is 5.75 Å². The number of fused-ring (bicyclic) bond motifs is 1. The van der Waals surface area contributed by atoms with Gasteiger partial charge in [-0.2, -0.15) is 0 Å². The second-order valence-electron chi connectivity index (χ2n) is 6.63. The molecule has 1 aliphatic heterocycles. The normalized spacial score (nSPS) is 16.3. The van der Waals surface area contributed by atoms with E-state index in [1.54, 1.807) is 18.4 Å². The number of methoxy groups -OCH3 is 1. The molecule has 0 aliphatic carbocycles. The largest absolute Gasteiger partial charge is 0.497 e. The van der Waals surface area contributed by atoms with Crippen LogP contribution in [0.4, 0.5) is 0 Å². The number of hydrogen-bond acceptors (Lipinski definition) is 5. The molecule has 4 nitrogen and oxygen atoms in total. The lowest BCUT2D eigenvalue weighted by molar-refractivity contribution is 0.0661. The van der Waals surface area contributed by atoms with Crippen LogP contribution in [-0.4, -0.2) is 29.4 Å². The average molecular weight is 399 g/mol. The van der Waals surface area contributed by atoms with Gasteiger partial charge >= 0.3 is 0 Å². The van der Waals surface area contributed by atoms with Gasteiger partial charge in [-0.15, -0.1) is 22.7 Å². The number of benzene rings is 1. The summed E-state index contributed by atoms with van der Waals surface area (Å²) in [6, 6.07) is 10.2. The van der Waals surface area contributed by atoms with E-state index in [1.807, 2.05) is 36.1 Å². The summed E-state index contributed by atoms with van der Waals surface area (Å²) in [6.45, 7) is 4.86. The molecule has 1 amide bonds. The van der Waals surface area contributed by atoms with Crippen LogP contribution in [0.15, 0.2) is 35.7 Å². The van der Waals surface area contributed by atoms with Gasteiger partial charge in [-0.05, 0) is 61.0 Å². The highest BCUT2D eigenvalue weighted by atomic mass is 32.1. The van der Waals surface area contributed by atoms with Gasteiger partial charge in [0.05, 0.1) is 18.8 Å². The number of aryl methyl sites for hydroxylation is 1. The van der Waals surface area contributed by atoms with Crippen molar-refractivity contribution in [1.29, 1.82) is 0 Å². The smallest absolute Gasteiger partial charge is 0.266 e. The third-order valence-electron chi connectivity index (χ3n) is 5.07. The summed E-state index contributed by atoms with van der Waals surface area (Å²) >= 11 is 3.29. The molecule has 27 heavy (non-hydrogen) atoms. The Morgan fingerprint density at radius 2 is 2.07 bits per heavy atom. The molecule has 3 aromatic rings. The van der Waals surface area contributed by atoms with Crippen molar-refractivity contribution in [3.63, 3.8) is 0 Å². The fourth-order valence-electron chi connectivity index (χ4n) is 3.66. The molecule has 0 bridgehead atoms. The Bertz CT molecular complexity index is 959. The Labute approximate surface area is 167 Å². The maximum atomic E-state index is 13.3. The van der Waals surface area contributed by atoms with Gasteiger partial charge in [-0.3, -0.25) is 4.79 Å². The molecule has 140 valence electrons. The summed E-state index contributed by atoms with van der Waals surface area (Å²) < 4.78 is 5.22. The second-order valence-corrected chi connectivity index (χ2v) is 8.63. The van der Waals surface area contributed by atoms with Crippen molar-refractivity contribution < 1.29 is 9.53 Å². The first-order chi connectivity index (χ1) is 13.1. The lowest BCUT2D eigenvalue weighted by Crippen LogP contribution is -2.39. The Kier molecular flexibility index (Phi) is 5.02. The fraction of sp³-hybridized carbons (Fsp3) is 0.333. The molecule has 0 fully saturated rings. The monoisotopic (exact) mass is 398 g/mol. The zero-order chi connectivity index (χ0) is 19.0. The molecule has 1 unspecified atom stereocenters. The van der Waals surface area contributed by atoms with Gasteiger partial charge in [0.1, 0.15) is 15.6 Å². The van der Waals surface area contributed by atoms with Crippen molar-refractivity contribution in [1.82, 2.24) is 9.88 Å². The molecule has 0 saturated carbocycles. The van der Waals surface area contributed by atoms with E-state index >= 15 is 0 Å². The van der Waals surface area contributed by atoms with Crippen LogP contribution in [0, 0.1) is 6.92 Å². The van der Waals surface area contributed by atoms with E-state index in [4.69, 9.17) is 4.74 Å². The highest BCUT2D eigenvalue weighted by molar-refractivity contribution is 7.17. The average Bonchev–Trinajstić information content (AvgIpc) is 3.33.